The molecule has 3 rings (SSSR count). The molecule has 3 aromatic rings. The van der Waals surface area contributed by atoms with Crippen LogP contribution in [0.3, 0.4) is 0 Å². The van der Waals surface area contributed by atoms with Crippen LogP contribution in [0.1, 0.15) is 26.5 Å². The molecule has 1 heterocycles. The molecule has 0 aliphatic heterocycles. The molecule has 0 unspecified atom stereocenters. The van der Waals surface area contributed by atoms with Crippen molar-refractivity contribution in [1.82, 2.24) is 5.32 Å². The van der Waals surface area contributed by atoms with Gasteiger partial charge in [0.05, 0.1) is 38.8 Å². The van der Waals surface area contributed by atoms with Gasteiger partial charge < -0.3 is 34.0 Å². The molecular weight excluding hydrogens is 444 g/mol. The van der Waals surface area contributed by atoms with Gasteiger partial charge >= 0.3 is 5.97 Å². The van der Waals surface area contributed by atoms with Gasteiger partial charge in [-0.3, -0.25) is 9.59 Å². The number of hydrogen-bond acceptors (Lipinski definition) is 8. The molecule has 0 atom stereocenters. The summed E-state index contributed by atoms with van der Waals surface area (Å²) in [6.45, 7) is -0.268. The summed E-state index contributed by atoms with van der Waals surface area (Å²) in [6.07, 6.45) is 1.35. The zero-order valence-corrected chi connectivity index (χ0v) is 18.9. The molecule has 34 heavy (non-hydrogen) atoms. The quantitative estimate of drug-likeness (QED) is 0.435. The van der Waals surface area contributed by atoms with Gasteiger partial charge in [-0.05, 0) is 29.8 Å². The van der Waals surface area contributed by atoms with E-state index in [0.717, 1.165) is 5.56 Å². The molecule has 2 amide bonds. The van der Waals surface area contributed by atoms with Crippen LogP contribution in [0.5, 0.6) is 17.2 Å². The fourth-order valence-corrected chi connectivity index (χ4v) is 2.95. The van der Waals surface area contributed by atoms with Crippen molar-refractivity contribution in [3.05, 3.63) is 71.7 Å². The first-order chi connectivity index (χ1) is 16.4. The molecule has 10 heteroatoms. The Labute approximate surface area is 195 Å². The molecule has 0 saturated heterocycles. The van der Waals surface area contributed by atoms with Crippen molar-refractivity contribution in [2.45, 2.75) is 6.54 Å². The summed E-state index contributed by atoms with van der Waals surface area (Å²) < 4.78 is 25.8. The standard InChI is InChI=1S/C24H24N2O8/c1-30-16-8-6-15(7-9-16)13-25-22(27)14-34-24(29)17-11-20(31-2)21(32-3)12-18(17)26-23(28)19-5-4-10-33-19/h4-12H,13-14H2,1-3H3,(H,25,27)(H,26,28). The topological polar surface area (TPSA) is 125 Å². The first-order valence-corrected chi connectivity index (χ1v) is 10.1. The summed E-state index contributed by atoms with van der Waals surface area (Å²) in [7, 11) is 4.39. The molecular formula is C24H24N2O8. The molecule has 0 radical (unpaired) electrons. The Kier molecular flexibility index (Phi) is 8.11. The average Bonchev–Trinajstić information content (AvgIpc) is 3.41. The molecule has 10 nitrogen and oxygen atoms in total. The number of benzene rings is 2. The van der Waals surface area contributed by atoms with Crippen molar-refractivity contribution >= 4 is 23.5 Å². The Morgan fingerprint density at radius 2 is 1.62 bits per heavy atom. The van der Waals surface area contributed by atoms with E-state index in [2.05, 4.69) is 10.6 Å². The largest absolute Gasteiger partial charge is 0.497 e. The molecule has 0 saturated carbocycles. The van der Waals surface area contributed by atoms with Gasteiger partial charge in [-0.25, -0.2) is 4.79 Å². The van der Waals surface area contributed by atoms with Crippen molar-refractivity contribution in [1.29, 1.82) is 0 Å². The van der Waals surface area contributed by atoms with Gasteiger partial charge in [0.2, 0.25) is 0 Å². The van der Waals surface area contributed by atoms with E-state index in [1.54, 1.807) is 25.3 Å². The van der Waals surface area contributed by atoms with E-state index in [9.17, 15) is 14.4 Å². The molecule has 1 aromatic heterocycles. The monoisotopic (exact) mass is 468 g/mol. The van der Waals surface area contributed by atoms with Crippen LogP contribution in [-0.2, 0) is 16.1 Å². The SMILES string of the molecule is COc1ccc(CNC(=O)COC(=O)c2cc(OC)c(OC)cc2NC(=O)c2ccco2)cc1. The highest BCUT2D eigenvalue weighted by Crippen LogP contribution is 2.34. The van der Waals surface area contributed by atoms with Crippen LogP contribution in [0.4, 0.5) is 5.69 Å². The summed E-state index contributed by atoms with van der Waals surface area (Å²) in [6, 6.07) is 13.0. The molecule has 2 N–H and O–H groups in total. The first-order valence-electron chi connectivity index (χ1n) is 10.1. The first kappa shape index (κ1) is 24.2. The van der Waals surface area contributed by atoms with Crippen LogP contribution >= 0.6 is 0 Å². The normalized spacial score (nSPS) is 10.2. The van der Waals surface area contributed by atoms with Crippen LogP contribution in [-0.4, -0.2) is 45.7 Å². The highest BCUT2D eigenvalue weighted by molar-refractivity contribution is 6.07. The second-order valence-corrected chi connectivity index (χ2v) is 6.89. The number of nitrogens with one attached hydrogen (secondary N) is 2. The van der Waals surface area contributed by atoms with Crippen LogP contribution < -0.4 is 24.8 Å². The lowest BCUT2D eigenvalue weighted by Gasteiger charge is -2.15. The summed E-state index contributed by atoms with van der Waals surface area (Å²) in [5, 5.41) is 5.25. The molecule has 0 spiro atoms. The number of hydrogen-bond donors (Lipinski definition) is 2. The zero-order chi connectivity index (χ0) is 24.5. The van der Waals surface area contributed by atoms with Gasteiger partial charge in [-0.15, -0.1) is 0 Å². The Bertz CT molecular complexity index is 1140. The van der Waals surface area contributed by atoms with Crippen LogP contribution in [0.15, 0.2) is 59.2 Å². The maximum Gasteiger partial charge on any atom is 0.340 e. The Balaban J connectivity index is 1.67. The Morgan fingerprint density at radius 1 is 0.912 bits per heavy atom. The number of furan rings is 1. The van der Waals surface area contributed by atoms with Crippen LogP contribution in [0.2, 0.25) is 0 Å². The molecule has 0 fully saturated rings. The zero-order valence-electron chi connectivity index (χ0n) is 18.9. The number of anilines is 1. The lowest BCUT2D eigenvalue weighted by atomic mass is 10.1. The average molecular weight is 468 g/mol. The third-order valence-electron chi connectivity index (χ3n) is 4.72. The fourth-order valence-electron chi connectivity index (χ4n) is 2.95. The maximum absolute atomic E-state index is 12.8. The number of carbonyl (C=O) groups excluding carboxylic acids is 3. The third kappa shape index (κ3) is 6.06. The minimum atomic E-state index is -0.838. The summed E-state index contributed by atoms with van der Waals surface area (Å²) >= 11 is 0. The number of ether oxygens (including phenoxy) is 4. The second-order valence-electron chi connectivity index (χ2n) is 6.89. The Hall–Kier alpha value is -4.47. The van der Waals surface area contributed by atoms with E-state index in [1.165, 1.54) is 38.7 Å². The third-order valence-corrected chi connectivity index (χ3v) is 4.72. The molecule has 0 aliphatic carbocycles. The smallest absolute Gasteiger partial charge is 0.340 e. The summed E-state index contributed by atoms with van der Waals surface area (Å²) in [5.41, 5.74) is 0.923. The van der Waals surface area contributed by atoms with Gasteiger partial charge in [0, 0.05) is 18.7 Å². The molecule has 2 aromatic carbocycles. The van der Waals surface area contributed by atoms with E-state index in [0.29, 0.717) is 5.75 Å². The van der Waals surface area contributed by atoms with E-state index in [1.807, 2.05) is 12.1 Å². The van der Waals surface area contributed by atoms with Gasteiger partial charge in [0.1, 0.15) is 5.75 Å². The predicted molar refractivity (Wildman–Crippen MR) is 121 cm³/mol. The fraction of sp³-hybridized carbons (Fsp3) is 0.208. The van der Waals surface area contributed by atoms with E-state index in [-0.39, 0.29) is 35.1 Å². The van der Waals surface area contributed by atoms with Crippen LogP contribution in [0, 0.1) is 0 Å². The van der Waals surface area contributed by atoms with Crippen molar-refractivity contribution in [3.63, 3.8) is 0 Å². The molecule has 0 bridgehead atoms. The predicted octanol–water partition coefficient (Wildman–Crippen LogP) is 3.03. The van der Waals surface area contributed by atoms with Crippen molar-refractivity contribution < 1.29 is 37.7 Å². The number of amides is 2. The number of carbonyl (C=O) groups is 3. The second kappa shape index (κ2) is 11.4. The Morgan fingerprint density at radius 3 is 2.24 bits per heavy atom. The lowest BCUT2D eigenvalue weighted by Crippen LogP contribution is -2.28. The molecule has 0 aliphatic rings. The van der Waals surface area contributed by atoms with Gasteiger partial charge in [0.15, 0.2) is 23.9 Å². The maximum atomic E-state index is 12.8. The van der Waals surface area contributed by atoms with Gasteiger partial charge in [-0.1, -0.05) is 12.1 Å². The van der Waals surface area contributed by atoms with Crippen molar-refractivity contribution in [2.24, 2.45) is 0 Å². The number of esters is 1. The van der Waals surface area contributed by atoms with Gasteiger partial charge in [-0.2, -0.15) is 0 Å². The highest BCUT2D eigenvalue weighted by Gasteiger charge is 2.21. The van der Waals surface area contributed by atoms with E-state index >= 15 is 0 Å². The minimum Gasteiger partial charge on any atom is -0.497 e. The lowest BCUT2D eigenvalue weighted by molar-refractivity contribution is -0.124. The summed E-state index contributed by atoms with van der Waals surface area (Å²) in [4.78, 5) is 37.4. The van der Waals surface area contributed by atoms with Crippen molar-refractivity contribution in [3.8, 4) is 17.2 Å². The highest BCUT2D eigenvalue weighted by atomic mass is 16.5. The van der Waals surface area contributed by atoms with Gasteiger partial charge in [0.25, 0.3) is 11.8 Å². The van der Waals surface area contributed by atoms with E-state index in [4.69, 9.17) is 23.4 Å². The van der Waals surface area contributed by atoms with Crippen molar-refractivity contribution in [2.75, 3.05) is 33.3 Å². The van der Waals surface area contributed by atoms with Crippen LogP contribution in [0.25, 0.3) is 0 Å². The number of rotatable bonds is 10. The molecule has 178 valence electrons. The number of methoxy groups -OCH3 is 3. The minimum absolute atomic E-state index is 0.0273. The van der Waals surface area contributed by atoms with E-state index < -0.39 is 24.4 Å². The summed E-state index contributed by atoms with van der Waals surface area (Å²) in [5.74, 6) is -0.633.